The maximum Gasteiger partial charge on any atom is 0.169 e. The summed E-state index contributed by atoms with van der Waals surface area (Å²) in [7, 11) is 0. The number of rotatable bonds is 5. The summed E-state index contributed by atoms with van der Waals surface area (Å²) in [6.07, 6.45) is 0. The lowest BCUT2D eigenvalue weighted by Crippen LogP contribution is -2.14. The van der Waals surface area contributed by atoms with Gasteiger partial charge in [-0.1, -0.05) is 30.3 Å². The Morgan fingerprint density at radius 2 is 1.15 bits per heavy atom. The molecule has 0 unspecified atom stereocenters. The van der Waals surface area contributed by atoms with Crippen LogP contribution in [0, 0.1) is 34.6 Å². The highest BCUT2D eigenvalue weighted by atomic mass is 16.5. The minimum absolute atomic E-state index is 0.0506. The third-order valence-corrected chi connectivity index (χ3v) is 6.13. The fourth-order valence-corrected chi connectivity index (χ4v) is 4.08. The summed E-state index contributed by atoms with van der Waals surface area (Å²) < 4.78 is 6.19. The summed E-state index contributed by atoms with van der Waals surface area (Å²) in [6.45, 7) is 9.35. The second-order valence-electron chi connectivity index (χ2n) is 8.63. The Morgan fingerprint density at radius 3 is 1.71 bits per heavy atom. The SMILES string of the molecule is Cc1ccc(Oc2ccccc2N(c2ccc(C)c(O)c2C)c2ccc(C)c(O)c2C)c(O)c1. The molecule has 4 aromatic carbocycles. The molecule has 34 heavy (non-hydrogen) atoms. The van der Waals surface area contributed by atoms with Crippen LogP contribution in [0.5, 0.6) is 28.7 Å². The van der Waals surface area contributed by atoms with Crippen molar-refractivity contribution in [2.75, 3.05) is 4.90 Å². The maximum absolute atomic E-state index is 10.7. The van der Waals surface area contributed by atoms with E-state index in [0.29, 0.717) is 28.3 Å². The van der Waals surface area contributed by atoms with Gasteiger partial charge in [-0.15, -0.1) is 0 Å². The predicted molar refractivity (Wildman–Crippen MR) is 136 cm³/mol. The van der Waals surface area contributed by atoms with E-state index < -0.39 is 0 Å². The Hall–Kier alpha value is -4.12. The van der Waals surface area contributed by atoms with Gasteiger partial charge in [0.1, 0.15) is 11.5 Å². The maximum atomic E-state index is 10.7. The van der Waals surface area contributed by atoms with Crippen molar-refractivity contribution < 1.29 is 20.1 Å². The summed E-state index contributed by atoms with van der Waals surface area (Å²) in [4.78, 5) is 1.96. The van der Waals surface area contributed by atoms with E-state index in [-0.39, 0.29) is 17.2 Å². The molecule has 5 nitrogen and oxygen atoms in total. The van der Waals surface area contributed by atoms with Crippen molar-refractivity contribution in [3.8, 4) is 28.7 Å². The number of phenols is 3. The van der Waals surface area contributed by atoms with Gasteiger partial charge in [0.05, 0.1) is 17.1 Å². The van der Waals surface area contributed by atoms with Crippen LogP contribution in [-0.4, -0.2) is 15.3 Å². The van der Waals surface area contributed by atoms with E-state index in [1.807, 2.05) is 94.1 Å². The van der Waals surface area contributed by atoms with Crippen molar-refractivity contribution in [1.29, 1.82) is 0 Å². The molecule has 0 spiro atoms. The van der Waals surface area contributed by atoms with Crippen molar-refractivity contribution in [2.45, 2.75) is 34.6 Å². The molecule has 0 aromatic heterocycles. The van der Waals surface area contributed by atoms with Gasteiger partial charge in [-0.25, -0.2) is 0 Å². The normalized spacial score (nSPS) is 10.9. The molecule has 0 heterocycles. The van der Waals surface area contributed by atoms with Crippen molar-refractivity contribution in [1.82, 2.24) is 0 Å². The zero-order chi connectivity index (χ0) is 24.6. The Bertz CT molecular complexity index is 1320. The standard InChI is InChI=1S/C29H29NO4/c1-17-10-15-27(25(31)16-17)34-26-9-7-6-8-24(26)30(22-13-11-18(2)28(32)20(22)4)23-14-12-19(3)29(33)21(23)5/h6-16,31-33H,1-5H3. The lowest BCUT2D eigenvalue weighted by atomic mass is 10.0. The van der Waals surface area contributed by atoms with Gasteiger partial charge < -0.3 is 25.0 Å². The van der Waals surface area contributed by atoms with Crippen LogP contribution in [0.25, 0.3) is 0 Å². The van der Waals surface area contributed by atoms with E-state index in [0.717, 1.165) is 28.1 Å². The minimum atomic E-state index is 0.0506. The van der Waals surface area contributed by atoms with Crippen molar-refractivity contribution in [2.24, 2.45) is 0 Å². The molecule has 0 bridgehead atoms. The number of para-hydroxylation sites is 2. The zero-order valence-electron chi connectivity index (χ0n) is 20.0. The molecule has 3 N–H and O–H groups in total. The van der Waals surface area contributed by atoms with Crippen LogP contribution < -0.4 is 9.64 Å². The molecule has 0 amide bonds. The topological polar surface area (TPSA) is 73.2 Å². The van der Waals surface area contributed by atoms with Gasteiger partial charge >= 0.3 is 0 Å². The smallest absolute Gasteiger partial charge is 0.169 e. The molecule has 0 aliphatic carbocycles. The van der Waals surface area contributed by atoms with Crippen LogP contribution in [0.3, 0.4) is 0 Å². The minimum Gasteiger partial charge on any atom is -0.507 e. The van der Waals surface area contributed by atoms with Crippen LogP contribution >= 0.6 is 0 Å². The molecule has 5 heteroatoms. The number of aromatic hydroxyl groups is 3. The van der Waals surface area contributed by atoms with Gasteiger partial charge in [-0.3, -0.25) is 0 Å². The van der Waals surface area contributed by atoms with E-state index in [1.165, 1.54) is 0 Å². The molecule has 174 valence electrons. The Balaban J connectivity index is 1.96. The summed E-state index contributed by atoms with van der Waals surface area (Å²) in [6, 6.07) is 20.4. The van der Waals surface area contributed by atoms with Gasteiger partial charge in [0.25, 0.3) is 0 Å². The fourth-order valence-electron chi connectivity index (χ4n) is 4.08. The second-order valence-corrected chi connectivity index (χ2v) is 8.63. The van der Waals surface area contributed by atoms with Gasteiger partial charge in [-0.2, -0.15) is 0 Å². The Kier molecular flexibility index (Phi) is 6.12. The third kappa shape index (κ3) is 4.13. The highest BCUT2D eigenvalue weighted by molar-refractivity contribution is 5.85. The second kappa shape index (κ2) is 9.02. The fraction of sp³-hybridized carbons (Fsp3) is 0.172. The number of hydrogen-bond donors (Lipinski definition) is 3. The average molecular weight is 456 g/mol. The van der Waals surface area contributed by atoms with Gasteiger partial charge in [0.15, 0.2) is 17.2 Å². The molecule has 0 saturated carbocycles. The largest absolute Gasteiger partial charge is 0.507 e. The zero-order valence-corrected chi connectivity index (χ0v) is 20.0. The molecule has 0 aliphatic heterocycles. The first-order valence-electron chi connectivity index (χ1n) is 11.1. The average Bonchev–Trinajstić information content (AvgIpc) is 2.81. The number of ether oxygens (including phenoxy) is 1. The number of benzene rings is 4. The van der Waals surface area contributed by atoms with Crippen molar-refractivity contribution in [3.05, 3.63) is 94.5 Å². The molecular formula is C29H29NO4. The summed E-state index contributed by atoms with van der Waals surface area (Å²) in [5, 5.41) is 31.9. The van der Waals surface area contributed by atoms with E-state index in [2.05, 4.69) is 0 Å². The Morgan fingerprint density at radius 1 is 0.588 bits per heavy atom. The van der Waals surface area contributed by atoms with E-state index in [9.17, 15) is 15.3 Å². The van der Waals surface area contributed by atoms with Crippen LogP contribution in [-0.2, 0) is 0 Å². The van der Waals surface area contributed by atoms with E-state index in [4.69, 9.17) is 4.74 Å². The third-order valence-electron chi connectivity index (χ3n) is 6.13. The number of anilines is 3. The molecule has 4 rings (SSSR count). The first-order valence-corrected chi connectivity index (χ1v) is 11.1. The molecule has 0 radical (unpaired) electrons. The molecule has 4 aromatic rings. The highest BCUT2D eigenvalue weighted by Gasteiger charge is 2.23. The van der Waals surface area contributed by atoms with Gasteiger partial charge in [-0.05, 0) is 87.7 Å². The van der Waals surface area contributed by atoms with Crippen LogP contribution in [0.15, 0.2) is 66.7 Å². The number of hydrogen-bond acceptors (Lipinski definition) is 5. The summed E-state index contributed by atoms with van der Waals surface area (Å²) in [5.74, 6) is 1.33. The Labute approximate surface area is 200 Å². The molecule has 0 aliphatic rings. The molecule has 0 saturated heterocycles. The lowest BCUT2D eigenvalue weighted by Gasteiger charge is -2.30. The summed E-state index contributed by atoms with van der Waals surface area (Å²) >= 11 is 0. The van der Waals surface area contributed by atoms with Crippen LogP contribution in [0.2, 0.25) is 0 Å². The molecule has 0 atom stereocenters. The molecular weight excluding hydrogens is 426 g/mol. The number of nitrogens with zero attached hydrogens (tertiary/aromatic N) is 1. The van der Waals surface area contributed by atoms with E-state index >= 15 is 0 Å². The lowest BCUT2D eigenvalue weighted by molar-refractivity contribution is 0.411. The first-order chi connectivity index (χ1) is 16.2. The van der Waals surface area contributed by atoms with Gasteiger partial charge in [0.2, 0.25) is 0 Å². The van der Waals surface area contributed by atoms with Gasteiger partial charge in [0, 0.05) is 11.1 Å². The quantitative estimate of drug-likeness (QED) is 0.289. The van der Waals surface area contributed by atoms with Crippen LogP contribution in [0.4, 0.5) is 17.1 Å². The highest BCUT2D eigenvalue weighted by Crippen LogP contribution is 2.47. The first kappa shape index (κ1) is 23.1. The predicted octanol–water partition coefficient (Wildman–Crippen LogP) is 7.61. The van der Waals surface area contributed by atoms with Crippen molar-refractivity contribution >= 4 is 17.1 Å². The number of phenolic OH excluding ortho intramolecular Hbond substituents is 3. The number of aryl methyl sites for hydroxylation is 3. The van der Waals surface area contributed by atoms with E-state index in [1.54, 1.807) is 12.1 Å². The van der Waals surface area contributed by atoms with Crippen LogP contribution in [0.1, 0.15) is 27.8 Å². The monoisotopic (exact) mass is 455 g/mol. The molecule has 0 fully saturated rings. The summed E-state index contributed by atoms with van der Waals surface area (Å²) in [5.41, 5.74) is 6.08. The van der Waals surface area contributed by atoms with Crippen molar-refractivity contribution in [3.63, 3.8) is 0 Å².